The molecule has 4 heteroatoms. The van der Waals surface area contributed by atoms with Gasteiger partial charge >= 0.3 is 0 Å². The first-order chi connectivity index (χ1) is 9.46. The minimum Gasteiger partial charge on any atom is -0.340 e. The number of piperazine rings is 1. The Hall–Kier alpha value is -1.06. The lowest BCUT2D eigenvalue weighted by atomic mass is 9.91. The third-order valence-corrected chi connectivity index (χ3v) is 4.77. The quantitative estimate of drug-likeness (QED) is 0.787. The summed E-state index contributed by atoms with van der Waals surface area (Å²) in [6.07, 6.45) is 7.02. The second-order valence-electron chi connectivity index (χ2n) is 6.84. The second kappa shape index (κ2) is 6.15. The summed E-state index contributed by atoms with van der Waals surface area (Å²) in [5.41, 5.74) is -0.568. The molecule has 2 rings (SSSR count). The van der Waals surface area contributed by atoms with E-state index in [1.165, 1.54) is 6.42 Å². The Labute approximate surface area is 122 Å². The van der Waals surface area contributed by atoms with Gasteiger partial charge in [0.2, 0.25) is 11.8 Å². The van der Waals surface area contributed by atoms with E-state index < -0.39 is 5.54 Å². The molecule has 0 aromatic carbocycles. The first-order valence-electron chi connectivity index (χ1n) is 8.09. The highest BCUT2D eigenvalue weighted by atomic mass is 16.2. The van der Waals surface area contributed by atoms with Gasteiger partial charge in [0, 0.05) is 6.54 Å². The van der Waals surface area contributed by atoms with Gasteiger partial charge in [-0.1, -0.05) is 39.5 Å². The van der Waals surface area contributed by atoms with Gasteiger partial charge in [0.1, 0.15) is 11.6 Å². The van der Waals surface area contributed by atoms with Gasteiger partial charge in [-0.25, -0.2) is 0 Å². The van der Waals surface area contributed by atoms with Crippen LogP contribution in [0.2, 0.25) is 0 Å². The largest absolute Gasteiger partial charge is 0.340 e. The summed E-state index contributed by atoms with van der Waals surface area (Å²) in [5, 5.41) is 3.00. The van der Waals surface area contributed by atoms with Crippen LogP contribution in [0.25, 0.3) is 0 Å². The number of nitrogens with one attached hydrogen (secondary N) is 1. The molecule has 2 amide bonds. The summed E-state index contributed by atoms with van der Waals surface area (Å²) >= 11 is 0. The Morgan fingerprint density at radius 3 is 2.50 bits per heavy atom. The maximum atomic E-state index is 12.7. The third-order valence-electron chi connectivity index (χ3n) is 4.77. The molecule has 20 heavy (non-hydrogen) atoms. The van der Waals surface area contributed by atoms with E-state index in [-0.39, 0.29) is 17.9 Å². The minimum absolute atomic E-state index is 0.0235. The number of amides is 2. The van der Waals surface area contributed by atoms with E-state index in [4.69, 9.17) is 0 Å². The molecule has 0 radical (unpaired) electrons. The molecule has 1 atom stereocenters. The van der Waals surface area contributed by atoms with E-state index in [2.05, 4.69) is 19.2 Å². The lowest BCUT2D eigenvalue weighted by Gasteiger charge is -2.43. The Balaban J connectivity index is 1.97. The minimum atomic E-state index is -0.568. The average Bonchev–Trinajstić information content (AvgIpc) is 2.85. The summed E-state index contributed by atoms with van der Waals surface area (Å²) in [4.78, 5) is 26.7. The summed E-state index contributed by atoms with van der Waals surface area (Å²) < 4.78 is 0. The van der Waals surface area contributed by atoms with Crippen molar-refractivity contribution in [1.82, 2.24) is 10.2 Å². The van der Waals surface area contributed by atoms with Crippen LogP contribution in [0.4, 0.5) is 0 Å². The van der Waals surface area contributed by atoms with Crippen LogP contribution < -0.4 is 5.32 Å². The van der Waals surface area contributed by atoms with E-state index in [0.29, 0.717) is 5.92 Å². The van der Waals surface area contributed by atoms with Gasteiger partial charge in [-0.2, -0.15) is 0 Å². The van der Waals surface area contributed by atoms with Crippen LogP contribution in [0.3, 0.4) is 0 Å². The van der Waals surface area contributed by atoms with E-state index in [1.54, 1.807) is 0 Å². The van der Waals surface area contributed by atoms with Gasteiger partial charge < -0.3 is 10.2 Å². The van der Waals surface area contributed by atoms with Gasteiger partial charge in [-0.3, -0.25) is 9.59 Å². The van der Waals surface area contributed by atoms with Crippen molar-refractivity contribution in [2.45, 2.75) is 77.3 Å². The molecule has 0 aromatic rings. The van der Waals surface area contributed by atoms with Crippen molar-refractivity contribution in [3.8, 4) is 0 Å². The van der Waals surface area contributed by atoms with Crippen LogP contribution >= 0.6 is 0 Å². The predicted octanol–water partition coefficient (Wildman–Crippen LogP) is 2.47. The van der Waals surface area contributed by atoms with Crippen LogP contribution in [0.15, 0.2) is 0 Å². The SMILES string of the molecule is CC(C)CCCCN1C(=O)C2(CCCC2)NC(=O)C1C. The predicted molar refractivity (Wildman–Crippen MR) is 79.2 cm³/mol. The average molecular weight is 280 g/mol. The fraction of sp³-hybridized carbons (Fsp3) is 0.875. The number of rotatable bonds is 5. The normalized spacial score (nSPS) is 25.6. The smallest absolute Gasteiger partial charge is 0.248 e. The van der Waals surface area contributed by atoms with Crippen LogP contribution in [-0.2, 0) is 9.59 Å². The number of nitrogens with zero attached hydrogens (tertiary/aromatic N) is 1. The van der Waals surface area contributed by atoms with E-state index in [9.17, 15) is 9.59 Å². The summed E-state index contributed by atoms with van der Waals surface area (Å²) in [6.45, 7) is 7.00. The fourth-order valence-corrected chi connectivity index (χ4v) is 3.43. The molecule has 114 valence electrons. The maximum absolute atomic E-state index is 12.7. The molecule has 1 unspecified atom stereocenters. The van der Waals surface area contributed by atoms with Crippen LogP contribution in [0, 0.1) is 5.92 Å². The number of carbonyl (C=O) groups is 2. The molecule has 1 spiro atoms. The molecule has 1 aliphatic carbocycles. The number of carbonyl (C=O) groups excluding carboxylic acids is 2. The zero-order chi connectivity index (χ0) is 14.8. The highest BCUT2D eigenvalue weighted by molar-refractivity contribution is 5.99. The fourth-order valence-electron chi connectivity index (χ4n) is 3.43. The van der Waals surface area contributed by atoms with Gasteiger partial charge in [0.05, 0.1) is 0 Å². The molecule has 2 fully saturated rings. The van der Waals surface area contributed by atoms with Crippen molar-refractivity contribution in [3.05, 3.63) is 0 Å². The molecular formula is C16H28N2O2. The van der Waals surface area contributed by atoms with Crippen LogP contribution in [-0.4, -0.2) is 34.8 Å². The van der Waals surface area contributed by atoms with Crippen molar-refractivity contribution in [3.63, 3.8) is 0 Å². The standard InChI is InChI=1S/C16H28N2O2/c1-12(2)8-4-7-11-18-13(3)14(19)17-16(15(18)20)9-5-6-10-16/h12-13H,4-11H2,1-3H3,(H,17,19). The highest BCUT2D eigenvalue weighted by Gasteiger charge is 2.50. The molecule has 4 nitrogen and oxygen atoms in total. The lowest BCUT2D eigenvalue weighted by Crippen LogP contribution is -2.68. The van der Waals surface area contributed by atoms with Crippen molar-refractivity contribution < 1.29 is 9.59 Å². The number of hydrogen-bond acceptors (Lipinski definition) is 2. The monoisotopic (exact) mass is 280 g/mol. The molecule has 0 bridgehead atoms. The Bertz CT molecular complexity index is 373. The summed E-state index contributed by atoms with van der Waals surface area (Å²) in [6, 6.07) is -0.312. The second-order valence-corrected chi connectivity index (χ2v) is 6.84. The van der Waals surface area contributed by atoms with Crippen molar-refractivity contribution >= 4 is 11.8 Å². The maximum Gasteiger partial charge on any atom is 0.248 e. The molecular weight excluding hydrogens is 252 g/mol. The zero-order valence-electron chi connectivity index (χ0n) is 13.1. The zero-order valence-corrected chi connectivity index (χ0v) is 13.1. The third kappa shape index (κ3) is 2.99. The van der Waals surface area contributed by atoms with Gasteiger partial charge in [0.15, 0.2) is 0 Å². The topological polar surface area (TPSA) is 49.4 Å². The number of unbranched alkanes of at least 4 members (excludes halogenated alkanes) is 1. The van der Waals surface area contributed by atoms with E-state index in [1.807, 2.05) is 11.8 Å². The summed E-state index contributed by atoms with van der Waals surface area (Å²) in [5.74, 6) is 0.885. The van der Waals surface area contributed by atoms with Gasteiger partial charge in [0.25, 0.3) is 0 Å². The van der Waals surface area contributed by atoms with Crippen molar-refractivity contribution in [2.75, 3.05) is 6.54 Å². The Morgan fingerprint density at radius 2 is 1.90 bits per heavy atom. The van der Waals surface area contributed by atoms with Gasteiger partial charge in [-0.15, -0.1) is 0 Å². The molecule has 1 saturated carbocycles. The van der Waals surface area contributed by atoms with Crippen molar-refractivity contribution in [1.29, 1.82) is 0 Å². The lowest BCUT2D eigenvalue weighted by molar-refractivity contribution is -0.154. The Kier molecular flexibility index (Phi) is 4.71. The molecule has 2 aliphatic rings. The molecule has 1 N–H and O–H groups in total. The van der Waals surface area contributed by atoms with Crippen LogP contribution in [0.5, 0.6) is 0 Å². The van der Waals surface area contributed by atoms with Crippen molar-refractivity contribution in [2.24, 2.45) is 5.92 Å². The van der Waals surface area contributed by atoms with Gasteiger partial charge in [-0.05, 0) is 32.1 Å². The molecule has 1 aliphatic heterocycles. The molecule has 1 saturated heterocycles. The summed E-state index contributed by atoms with van der Waals surface area (Å²) in [7, 11) is 0. The van der Waals surface area contributed by atoms with Crippen LogP contribution in [0.1, 0.15) is 65.7 Å². The Morgan fingerprint density at radius 1 is 1.25 bits per heavy atom. The van der Waals surface area contributed by atoms with E-state index >= 15 is 0 Å². The molecule has 1 heterocycles. The number of hydrogen-bond donors (Lipinski definition) is 1. The first-order valence-corrected chi connectivity index (χ1v) is 8.09. The molecule has 0 aromatic heterocycles. The highest BCUT2D eigenvalue weighted by Crippen LogP contribution is 2.34. The van der Waals surface area contributed by atoms with E-state index in [0.717, 1.165) is 45.1 Å². The first kappa shape index (κ1) is 15.3.